The summed E-state index contributed by atoms with van der Waals surface area (Å²) in [5, 5.41) is 9.51. The van der Waals surface area contributed by atoms with Gasteiger partial charge in [0.1, 0.15) is 22.6 Å². The molecule has 0 aromatic carbocycles. The number of hydrogen-bond donors (Lipinski definition) is 2. The molecule has 96 valence electrons. The van der Waals surface area contributed by atoms with Gasteiger partial charge in [-0.1, -0.05) is 11.8 Å². The number of carboxylic acid groups (broad SMARTS) is 1. The second-order valence-corrected chi connectivity index (χ2v) is 4.60. The largest absolute Gasteiger partial charge is 0.475 e. The summed E-state index contributed by atoms with van der Waals surface area (Å²) < 4.78 is 5.17. The molecule has 19 heavy (non-hydrogen) atoms. The van der Waals surface area contributed by atoms with Gasteiger partial charge in [-0.25, -0.2) is 19.7 Å². The monoisotopic (exact) mass is 276 g/mol. The normalized spacial score (nSPS) is 10.9. The van der Waals surface area contributed by atoms with E-state index in [0.717, 1.165) is 10.5 Å². The molecule has 0 saturated carbocycles. The predicted molar refractivity (Wildman–Crippen MR) is 66.9 cm³/mol. The number of furan rings is 1. The minimum Gasteiger partial charge on any atom is -0.475 e. The van der Waals surface area contributed by atoms with E-state index in [1.807, 2.05) is 0 Å². The van der Waals surface area contributed by atoms with E-state index in [4.69, 9.17) is 9.52 Å². The molecule has 3 aromatic rings. The summed E-state index contributed by atoms with van der Waals surface area (Å²) in [6.07, 6.45) is 3.00. The van der Waals surface area contributed by atoms with E-state index in [1.165, 1.54) is 24.2 Å². The van der Waals surface area contributed by atoms with Crippen LogP contribution in [0.5, 0.6) is 0 Å². The van der Waals surface area contributed by atoms with Gasteiger partial charge in [0.2, 0.25) is 5.76 Å². The van der Waals surface area contributed by atoms with E-state index in [9.17, 15) is 4.79 Å². The molecular formula is C11H8N4O3S. The molecule has 0 unspecified atom stereocenters. The summed E-state index contributed by atoms with van der Waals surface area (Å²) in [6.45, 7) is 0. The van der Waals surface area contributed by atoms with Gasteiger partial charge in [-0.05, 0) is 12.1 Å². The van der Waals surface area contributed by atoms with Gasteiger partial charge in [0.05, 0.1) is 12.1 Å². The summed E-state index contributed by atoms with van der Waals surface area (Å²) in [7, 11) is 0. The maximum atomic E-state index is 10.7. The van der Waals surface area contributed by atoms with Gasteiger partial charge in [-0.15, -0.1) is 0 Å². The molecule has 3 heterocycles. The standard InChI is InChI=1S/C11H8N4O3S/c16-11(17)7-2-1-6(18-7)3-19-10-8-9(13-4-12-8)14-5-15-10/h1-2,4-5H,3H2,(H,16,17)(H,12,13,14,15). The first-order valence-corrected chi connectivity index (χ1v) is 6.31. The number of nitrogens with zero attached hydrogens (tertiary/aromatic N) is 3. The van der Waals surface area contributed by atoms with Crippen molar-refractivity contribution in [3.63, 3.8) is 0 Å². The third kappa shape index (κ3) is 2.29. The fraction of sp³-hybridized carbons (Fsp3) is 0.0909. The topological polar surface area (TPSA) is 105 Å². The Bertz CT molecular complexity index is 736. The van der Waals surface area contributed by atoms with Crippen LogP contribution >= 0.6 is 11.8 Å². The smallest absolute Gasteiger partial charge is 0.371 e. The van der Waals surface area contributed by atoms with E-state index in [0.29, 0.717) is 17.2 Å². The number of aromatic nitrogens is 4. The molecule has 8 heteroatoms. The number of hydrogen-bond acceptors (Lipinski definition) is 6. The zero-order valence-electron chi connectivity index (χ0n) is 9.53. The molecule has 0 bridgehead atoms. The van der Waals surface area contributed by atoms with Crippen LogP contribution in [0, 0.1) is 0 Å². The van der Waals surface area contributed by atoms with Crippen molar-refractivity contribution in [2.75, 3.05) is 0 Å². The number of aromatic amines is 1. The number of carbonyl (C=O) groups is 1. The van der Waals surface area contributed by atoms with Crippen molar-refractivity contribution in [2.24, 2.45) is 0 Å². The summed E-state index contributed by atoms with van der Waals surface area (Å²) in [5.41, 5.74) is 1.36. The Labute approximate surface area is 111 Å². The van der Waals surface area contributed by atoms with Crippen molar-refractivity contribution in [1.82, 2.24) is 19.9 Å². The van der Waals surface area contributed by atoms with E-state index >= 15 is 0 Å². The molecule has 0 radical (unpaired) electrons. The van der Waals surface area contributed by atoms with Crippen LogP contribution in [0.2, 0.25) is 0 Å². The van der Waals surface area contributed by atoms with E-state index < -0.39 is 5.97 Å². The van der Waals surface area contributed by atoms with Crippen LogP contribution in [0.4, 0.5) is 0 Å². The molecule has 0 atom stereocenters. The lowest BCUT2D eigenvalue weighted by Crippen LogP contribution is -1.91. The SMILES string of the molecule is O=C(O)c1ccc(CSc2ncnc3nc[nH]c23)o1. The number of fused-ring (bicyclic) bond motifs is 1. The van der Waals surface area contributed by atoms with Gasteiger partial charge in [0.25, 0.3) is 0 Å². The number of H-pyrrole nitrogens is 1. The number of nitrogens with one attached hydrogen (secondary N) is 1. The minimum atomic E-state index is -1.07. The molecule has 0 aliphatic rings. The van der Waals surface area contributed by atoms with Crippen molar-refractivity contribution >= 4 is 28.9 Å². The molecule has 0 aliphatic carbocycles. The number of imidazole rings is 1. The first-order valence-electron chi connectivity index (χ1n) is 5.33. The minimum absolute atomic E-state index is 0.0648. The second-order valence-electron chi connectivity index (χ2n) is 3.64. The first kappa shape index (κ1) is 11.7. The Morgan fingerprint density at radius 1 is 1.37 bits per heavy atom. The van der Waals surface area contributed by atoms with Gasteiger partial charge in [-0.2, -0.15) is 0 Å². The maximum absolute atomic E-state index is 10.7. The Balaban J connectivity index is 1.78. The number of rotatable bonds is 4. The molecule has 0 fully saturated rings. The second kappa shape index (κ2) is 4.73. The van der Waals surface area contributed by atoms with Crippen LogP contribution in [0.25, 0.3) is 11.2 Å². The third-order valence-corrected chi connectivity index (χ3v) is 3.42. The molecule has 0 spiro atoms. The van der Waals surface area contributed by atoms with Crippen LogP contribution < -0.4 is 0 Å². The van der Waals surface area contributed by atoms with E-state index in [1.54, 1.807) is 12.4 Å². The highest BCUT2D eigenvalue weighted by atomic mass is 32.2. The van der Waals surface area contributed by atoms with Crippen molar-refractivity contribution < 1.29 is 14.3 Å². The van der Waals surface area contributed by atoms with Crippen LogP contribution in [-0.2, 0) is 5.75 Å². The summed E-state index contributed by atoms with van der Waals surface area (Å²) in [5.74, 6) is -0.0776. The van der Waals surface area contributed by atoms with Gasteiger partial charge < -0.3 is 14.5 Å². The maximum Gasteiger partial charge on any atom is 0.371 e. The molecule has 3 aromatic heterocycles. The van der Waals surface area contributed by atoms with Crippen LogP contribution in [-0.4, -0.2) is 31.0 Å². The molecule has 0 amide bonds. The zero-order valence-corrected chi connectivity index (χ0v) is 10.3. The van der Waals surface area contributed by atoms with Crippen LogP contribution in [0.1, 0.15) is 16.3 Å². The Hall–Kier alpha value is -2.35. The third-order valence-electron chi connectivity index (χ3n) is 2.41. The summed E-state index contributed by atoms with van der Waals surface area (Å²) >= 11 is 1.42. The van der Waals surface area contributed by atoms with Crippen molar-refractivity contribution in [3.8, 4) is 0 Å². The molecule has 7 nitrogen and oxygen atoms in total. The van der Waals surface area contributed by atoms with Crippen molar-refractivity contribution in [1.29, 1.82) is 0 Å². The lowest BCUT2D eigenvalue weighted by Gasteiger charge is -1.99. The fourth-order valence-electron chi connectivity index (χ4n) is 1.56. The quantitative estimate of drug-likeness (QED) is 0.554. The Morgan fingerprint density at radius 2 is 2.26 bits per heavy atom. The predicted octanol–water partition coefficient (Wildman–Crippen LogP) is 1.94. The molecule has 3 rings (SSSR count). The average Bonchev–Trinajstić information content (AvgIpc) is 3.05. The van der Waals surface area contributed by atoms with Gasteiger partial charge >= 0.3 is 5.97 Å². The summed E-state index contributed by atoms with van der Waals surface area (Å²) in [6, 6.07) is 3.08. The van der Waals surface area contributed by atoms with Gasteiger partial charge in [0, 0.05) is 0 Å². The summed E-state index contributed by atoms with van der Waals surface area (Å²) in [4.78, 5) is 25.9. The number of carboxylic acids is 1. The molecule has 0 aliphatic heterocycles. The van der Waals surface area contributed by atoms with Crippen molar-refractivity contribution in [2.45, 2.75) is 10.8 Å². The van der Waals surface area contributed by atoms with Gasteiger partial charge in [0.15, 0.2) is 5.65 Å². The van der Waals surface area contributed by atoms with E-state index in [-0.39, 0.29) is 5.76 Å². The lowest BCUT2D eigenvalue weighted by molar-refractivity contribution is 0.0661. The number of aromatic carboxylic acids is 1. The van der Waals surface area contributed by atoms with Crippen molar-refractivity contribution in [3.05, 3.63) is 36.3 Å². The lowest BCUT2D eigenvalue weighted by atomic mass is 10.4. The highest BCUT2D eigenvalue weighted by molar-refractivity contribution is 7.98. The molecule has 2 N–H and O–H groups in total. The Kier molecular flexibility index (Phi) is 2.92. The number of thioether (sulfide) groups is 1. The molecule has 0 saturated heterocycles. The highest BCUT2D eigenvalue weighted by Gasteiger charge is 2.11. The molecular weight excluding hydrogens is 268 g/mol. The Morgan fingerprint density at radius 3 is 3.05 bits per heavy atom. The van der Waals surface area contributed by atoms with E-state index in [2.05, 4.69) is 19.9 Å². The zero-order chi connectivity index (χ0) is 13.2. The fourth-order valence-corrected chi connectivity index (χ4v) is 2.41. The highest BCUT2D eigenvalue weighted by Crippen LogP contribution is 2.26. The first-order chi connectivity index (χ1) is 9.24. The van der Waals surface area contributed by atoms with Gasteiger partial charge in [-0.3, -0.25) is 0 Å². The van der Waals surface area contributed by atoms with Crippen LogP contribution in [0.3, 0.4) is 0 Å². The van der Waals surface area contributed by atoms with Crippen LogP contribution in [0.15, 0.2) is 34.2 Å². The average molecular weight is 276 g/mol.